The van der Waals surface area contributed by atoms with Crippen molar-refractivity contribution in [2.24, 2.45) is 5.92 Å². The van der Waals surface area contributed by atoms with Crippen LogP contribution in [-0.4, -0.2) is 15.7 Å². The van der Waals surface area contributed by atoms with Crippen LogP contribution in [0.2, 0.25) is 0 Å². The van der Waals surface area contributed by atoms with Gasteiger partial charge in [0.2, 0.25) is 0 Å². The van der Waals surface area contributed by atoms with Crippen molar-refractivity contribution in [2.45, 2.75) is 19.3 Å². The molecule has 1 saturated carbocycles. The maximum absolute atomic E-state index is 11.6. The summed E-state index contributed by atoms with van der Waals surface area (Å²) in [6.07, 6.45) is 3.36. The van der Waals surface area contributed by atoms with Gasteiger partial charge in [-0.15, -0.1) is 0 Å². The Kier molecular flexibility index (Phi) is 3.00. The second kappa shape index (κ2) is 4.29. The van der Waals surface area contributed by atoms with Crippen molar-refractivity contribution in [2.75, 3.05) is 0 Å². The summed E-state index contributed by atoms with van der Waals surface area (Å²) in [6.45, 7) is 0. The summed E-state index contributed by atoms with van der Waals surface area (Å²) in [6, 6.07) is 1.38. The van der Waals surface area contributed by atoms with Gasteiger partial charge in [-0.05, 0) is 28.8 Å². The highest BCUT2D eigenvalue weighted by Crippen LogP contribution is 2.31. The molecule has 1 aliphatic carbocycles. The predicted octanol–water partition coefficient (Wildman–Crippen LogP) is 2.27. The van der Waals surface area contributed by atoms with E-state index in [2.05, 4.69) is 20.9 Å². The Morgan fingerprint density at radius 1 is 1.62 bits per heavy atom. The van der Waals surface area contributed by atoms with Gasteiger partial charge in [-0.1, -0.05) is 0 Å². The highest BCUT2D eigenvalue weighted by molar-refractivity contribution is 9.10. The van der Waals surface area contributed by atoms with Crippen molar-refractivity contribution in [1.29, 1.82) is 0 Å². The highest BCUT2D eigenvalue weighted by atomic mass is 79.9. The average Bonchev–Trinajstić information content (AvgIpc) is 3.03. The minimum atomic E-state index is -0.510. The first kappa shape index (κ1) is 11.2. The van der Waals surface area contributed by atoms with E-state index >= 15 is 0 Å². The van der Waals surface area contributed by atoms with Crippen LogP contribution in [0.25, 0.3) is 0 Å². The van der Waals surface area contributed by atoms with Crippen molar-refractivity contribution in [3.8, 4) is 0 Å². The number of pyridine rings is 1. The summed E-state index contributed by atoms with van der Waals surface area (Å²) in [5.74, 6) is 0.353. The lowest BCUT2D eigenvalue weighted by atomic mass is 10.1. The van der Waals surface area contributed by atoms with E-state index in [0.717, 1.165) is 12.8 Å². The van der Waals surface area contributed by atoms with Gasteiger partial charge >= 0.3 is 0 Å². The maximum Gasteiger partial charge on any atom is 0.288 e. The van der Waals surface area contributed by atoms with E-state index in [1.807, 2.05) is 0 Å². The first-order valence-corrected chi connectivity index (χ1v) is 5.68. The minimum absolute atomic E-state index is 0.0745. The van der Waals surface area contributed by atoms with Gasteiger partial charge in [-0.2, -0.15) is 0 Å². The van der Waals surface area contributed by atoms with E-state index in [4.69, 9.17) is 0 Å². The zero-order valence-electron chi connectivity index (χ0n) is 8.35. The lowest BCUT2D eigenvalue weighted by Crippen LogP contribution is -2.07. The van der Waals surface area contributed by atoms with Crippen molar-refractivity contribution in [3.05, 3.63) is 32.5 Å². The molecule has 5 nitrogen and oxygen atoms in total. The number of nitrogens with zero attached hydrogens (tertiary/aromatic N) is 2. The predicted molar refractivity (Wildman–Crippen MR) is 60.0 cm³/mol. The molecule has 0 spiro atoms. The number of hydrogen-bond donors (Lipinski definition) is 0. The van der Waals surface area contributed by atoms with E-state index in [9.17, 15) is 14.9 Å². The molecular formula is C10H9BrN2O3. The maximum atomic E-state index is 11.6. The lowest BCUT2D eigenvalue weighted by molar-refractivity contribution is -0.385. The molecule has 16 heavy (non-hydrogen) atoms. The van der Waals surface area contributed by atoms with Gasteiger partial charge in [-0.3, -0.25) is 19.9 Å². The molecule has 1 aliphatic rings. The quantitative estimate of drug-likeness (QED) is 0.628. The molecule has 0 saturated heterocycles. The van der Waals surface area contributed by atoms with Crippen molar-refractivity contribution in [3.63, 3.8) is 0 Å². The smallest absolute Gasteiger partial charge is 0.288 e. The third-order valence-corrected chi connectivity index (χ3v) is 3.17. The molecular weight excluding hydrogens is 276 g/mol. The fraction of sp³-hybridized carbons (Fsp3) is 0.400. The fourth-order valence-corrected chi connectivity index (χ4v) is 1.88. The van der Waals surface area contributed by atoms with Crippen LogP contribution >= 0.6 is 15.9 Å². The summed E-state index contributed by atoms with van der Waals surface area (Å²) in [4.78, 5) is 25.5. The zero-order chi connectivity index (χ0) is 11.7. The molecule has 84 valence electrons. The molecule has 2 rings (SSSR count). The van der Waals surface area contributed by atoms with Crippen LogP contribution in [0.5, 0.6) is 0 Å². The number of carbonyl (C=O) groups excluding carboxylic acids is 1. The number of Topliss-reactive ketones (excluding diaryl/α,β-unsaturated/α-hetero) is 1. The third-order valence-electron chi connectivity index (χ3n) is 2.49. The van der Waals surface area contributed by atoms with E-state index < -0.39 is 4.92 Å². The summed E-state index contributed by atoms with van der Waals surface area (Å²) < 4.78 is 0.524. The van der Waals surface area contributed by atoms with Crippen LogP contribution in [0.1, 0.15) is 18.5 Å². The first-order chi connectivity index (χ1) is 7.58. The first-order valence-electron chi connectivity index (χ1n) is 4.89. The van der Waals surface area contributed by atoms with Crippen LogP contribution in [0.4, 0.5) is 5.69 Å². The van der Waals surface area contributed by atoms with E-state index in [1.165, 1.54) is 12.3 Å². The van der Waals surface area contributed by atoms with E-state index in [1.54, 1.807) is 0 Å². The Morgan fingerprint density at radius 2 is 2.31 bits per heavy atom. The molecule has 1 heterocycles. The molecule has 1 aromatic rings. The van der Waals surface area contributed by atoms with E-state index in [-0.39, 0.29) is 23.8 Å². The summed E-state index contributed by atoms with van der Waals surface area (Å²) in [7, 11) is 0. The van der Waals surface area contributed by atoms with Gasteiger partial charge in [0.05, 0.1) is 17.0 Å². The van der Waals surface area contributed by atoms with Crippen LogP contribution in [0, 0.1) is 16.0 Å². The van der Waals surface area contributed by atoms with Crippen molar-refractivity contribution < 1.29 is 9.72 Å². The Balaban J connectivity index is 2.15. The normalized spacial score (nSPS) is 14.8. The Hall–Kier alpha value is -1.30. The van der Waals surface area contributed by atoms with Crippen LogP contribution < -0.4 is 0 Å². The second-order valence-corrected chi connectivity index (χ2v) is 4.65. The monoisotopic (exact) mass is 284 g/mol. The third kappa shape index (κ3) is 2.44. The average molecular weight is 285 g/mol. The van der Waals surface area contributed by atoms with Gasteiger partial charge in [0.15, 0.2) is 0 Å². The number of hydrogen-bond acceptors (Lipinski definition) is 4. The van der Waals surface area contributed by atoms with Gasteiger partial charge in [0, 0.05) is 16.5 Å². The van der Waals surface area contributed by atoms with Gasteiger partial charge in [0.25, 0.3) is 5.69 Å². The molecule has 0 amide bonds. The SMILES string of the molecule is O=C(Cc1ncc([N+](=O)[O-])cc1Br)C1CC1. The molecule has 0 bridgehead atoms. The molecule has 0 aliphatic heterocycles. The number of halogens is 1. The minimum Gasteiger partial charge on any atom is -0.299 e. The molecule has 1 aromatic heterocycles. The topological polar surface area (TPSA) is 73.1 Å². The number of ketones is 1. The summed E-state index contributed by atoms with van der Waals surface area (Å²) >= 11 is 3.19. The number of rotatable bonds is 4. The second-order valence-electron chi connectivity index (χ2n) is 3.80. The number of carbonyl (C=O) groups is 1. The lowest BCUT2D eigenvalue weighted by Gasteiger charge is -2.01. The van der Waals surface area contributed by atoms with Gasteiger partial charge in [0.1, 0.15) is 12.0 Å². The standard InChI is InChI=1S/C10H9BrN2O3/c11-8-3-7(13(15)16)5-12-9(8)4-10(14)6-1-2-6/h3,5-6H,1-2,4H2. The van der Waals surface area contributed by atoms with Crippen molar-refractivity contribution in [1.82, 2.24) is 4.98 Å². The Bertz CT molecular complexity index is 457. The fourth-order valence-electron chi connectivity index (χ4n) is 1.40. The molecule has 0 radical (unpaired) electrons. The van der Waals surface area contributed by atoms with Crippen LogP contribution in [0.3, 0.4) is 0 Å². The van der Waals surface area contributed by atoms with Crippen LogP contribution in [-0.2, 0) is 11.2 Å². The summed E-state index contributed by atoms with van der Waals surface area (Å²) in [5.41, 5.74) is 0.497. The Labute approximate surface area is 100 Å². The number of aromatic nitrogens is 1. The van der Waals surface area contributed by atoms with Gasteiger partial charge < -0.3 is 0 Å². The summed E-state index contributed by atoms with van der Waals surface area (Å²) in [5, 5.41) is 10.5. The molecule has 0 atom stereocenters. The Morgan fingerprint density at radius 3 is 2.81 bits per heavy atom. The highest BCUT2D eigenvalue weighted by Gasteiger charge is 2.30. The zero-order valence-corrected chi connectivity index (χ0v) is 9.94. The number of nitro groups is 1. The molecule has 0 unspecified atom stereocenters. The van der Waals surface area contributed by atoms with Crippen molar-refractivity contribution >= 4 is 27.4 Å². The molecule has 0 N–H and O–H groups in total. The van der Waals surface area contributed by atoms with Crippen LogP contribution in [0.15, 0.2) is 16.7 Å². The molecule has 0 aromatic carbocycles. The van der Waals surface area contributed by atoms with Gasteiger partial charge in [-0.25, -0.2) is 0 Å². The molecule has 6 heteroatoms. The van der Waals surface area contributed by atoms with E-state index in [0.29, 0.717) is 10.2 Å². The largest absolute Gasteiger partial charge is 0.299 e. The molecule has 1 fully saturated rings.